The van der Waals surface area contributed by atoms with Crippen molar-refractivity contribution in [2.45, 2.75) is 13.5 Å². The van der Waals surface area contributed by atoms with Gasteiger partial charge in [-0.2, -0.15) is 0 Å². The van der Waals surface area contributed by atoms with Crippen LogP contribution in [0.5, 0.6) is 5.75 Å². The molecule has 3 N–H and O–H groups in total. The second-order valence-electron chi connectivity index (χ2n) is 8.47. The predicted molar refractivity (Wildman–Crippen MR) is 156 cm³/mol. The summed E-state index contributed by atoms with van der Waals surface area (Å²) in [6, 6.07) is 11.5. The first kappa shape index (κ1) is 28.2. The number of rotatable bonds is 11. The van der Waals surface area contributed by atoms with E-state index < -0.39 is 0 Å². The molecule has 0 fully saturated rings. The molecule has 0 spiro atoms. The number of aliphatic hydroxyl groups is 1. The number of ether oxygens (including phenoxy) is 1. The van der Waals surface area contributed by atoms with Crippen molar-refractivity contribution in [1.29, 1.82) is 0 Å². The van der Waals surface area contributed by atoms with E-state index in [1.54, 1.807) is 30.3 Å². The maximum Gasteiger partial charge on any atom is 0.161 e. The summed E-state index contributed by atoms with van der Waals surface area (Å²) < 4.78 is 19.2. The third-order valence-electron chi connectivity index (χ3n) is 5.51. The average molecular weight is 564 g/mol. The minimum atomic E-state index is -0.314. The van der Waals surface area contributed by atoms with E-state index >= 15 is 0 Å². The van der Waals surface area contributed by atoms with Crippen LogP contribution in [-0.4, -0.2) is 39.8 Å². The van der Waals surface area contributed by atoms with Gasteiger partial charge < -0.3 is 20.5 Å². The Morgan fingerprint density at radius 2 is 2.15 bits per heavy atom. The summed E-state index contributed by atoms with van der Waals surface area (Å²) in [7, 11) is 0. The van der Waals surface area contributed by atoms with Gasteiger partial charge in [0, 0.05) is 18.8 Å². The van der Waals surface area contributed by atoms with Gasteiger partial charge in [-0.3, -0.25) is 0 Å². The van der Waals surface area contributed by atoms with Crippen molar-refractivity contribution >= 4 is 50.4 Å². The minimum absolute atomic E-state index is 0.0254. The van der Waals surface area contributed by atoms with Crippen LogP contribution in [-0.2, 0) is 6.61 Å². The van der Waals surface area contributed by atoms with Gasteiger partial charge >= 0.3 is 0 Å². The van der Waals surface area contributed by atoms with E-state index in [1.165, 1.54) is 29.8 Å². The van der Waals surface area contributed by atoms with E-state index in [-0.39, 0.29) is 24.9 Å². The zero-order valence-corrected chi connectivity index (χ0v) is 22.8. The predicted octanol–water partition coefficient (Wildman–Crippen LogP) is 5.99. The molecule has 0 bridgehead atoms. The van der Waals surface area contributed by atoms with Crippen molar-refractivity contribution in [1.82, 2.24) is 20.3 Å². The van der Waals surface area contributed by atoms with Crippen LogP contribution in [0.4, 0.5) is 15.9 Å². The molecule has 0 aliphatic rings. The lowest BCUT2D eigenvalue weighted by molar-refractivity contribution is 0.291. The molecule has 39 heavy (non-hydrogen) atoms. The normalized spacial score (nSPS) is 12.1. The van der Waals surface area contributed by atoms with Crippen molar-refractivity contribution < 1.29 is 14.2 Å². The van der Waals surface area contributed by atoms with Crippen LogP contribution in [0.25, 0.3) is 15.9 Å². The number of allylic oxidation sites excluding steroid dienone is 2. The minimum Gasteiger partial charge on any atom is -0.487 e. The Labute approximate surface area is 235 Å². The molecule has 0 radical (unpaired) electrons. The molecule has 4 aromatic rings. The third-order valence-corrected chi connectivity index (χ3v) is 6.90. The highest BCUT2D eigenvalue weighted by Gasteiger charge is 2.13. The molecule has 0 saturated heterocycles. The highest BCUT2D eigenvalue weighted by Crippen LogP contribution is 2.33. The van der Waals surface area contributed by atoms with Crippen molar-refractivity contribution in [3.8, 4) is 17.6 Å². The van der Waals surface area contributed by atoms with Crippen molar-refractivity contribution in [3.05, 3.63) is 88.9 Å². The zero-order chi connectivity index (χ0) is 27.6. The van der Waals surface area contributed by atoms with Gasteiger partial charge in [-0.25, -0.2) is 19.3 Å². The largest absolute Gasteiger partial charge is 0.487 e. The average Bonchev–Trinajstić information content (AvgIpc) is 3.37. The molecule has 7 nitrogen and oxygen atoms in total. The molecule has 2 aromatic carbocycles. The van der Waals surface area contributed by atoms with Gasteiger partial charge in [-0.1, -0.05) is 53.0 Å². The smallest absolute Gasteiger partial charge is 0.161 e. The Hall–Kier alpha value is -3.81. The van der Waals surface area contributed by atoms with Crippen LogP contribution in [0, 0.1) is 23.6 Å². The summed E-state index contributed by atoms with van der Waals surface area (Å²) in [6.07, 6.45) is 5.09. The summed E-state index contributed by atoms with van der Waals surface area (Å²) in [5.41, 5.74) is 2.96. The molecule has 10 heteroatoms. The topological polar surface area (TPSA) is 92.2 Å². The Balaban J connectivity index is 1.46. The van der Waals surface area contributed by atoms with Crippen LogP contribution in [0.15, 0.2) is 67.5 Å². The number of nitrogens with one attached hydrogen (secondary N) is 2. The lowest BCUT2D eigenvalue weighted by Gasteiger charge is -2.11. The number of fused-ring (bicyclic) bond motifs is 1. The van der Waals surface area contributed by atoms with Crippen LogP contribution in [0.3, 0.4) is 0 Å². The molecule has 0 saturated carbocycles. The molecule has 0 amide bonds. The molecule has 2 heterocycles. The first-order valence-corrected chi connectivity index (χ1v) is 13.3. The Bertz CT molecular complexity index is 1550. The second-order valence-corrected chi connectivity index (χ2v) is 9.85. The molecule has 0 aliphatic carbocycles. The monoisotopic (exact) mass is 563 g/mol. The third kappa shape index (κ3) is 7.85. The summed E-state index contributed by atoms with van der Waals surface area (Å²) in [4.78, 5) is 14.2. The number of anilines is 2. The summed E-state index contributed by atoms with van der Waals surface area (Å²) in [5, 5.41) is 16.5. The van der Waals surface area contributed by atoms with Crippen molar-refractivity contribution in [2.75, 3.05) is 25.0 Å². The fourth-order valence-electron chi connectivity index (χ4n) is 3.48. The standard InChI is InChI=1S/C29H27ClFN5O2S/c1-3-20(16-32-12-13-37)7-4-6-19(2)28-36-26-27(33-18-34-29(26)39-28)35-23-10-11-25(24(30)15-23)38-17-21-8-5-9-22(31)14-21/h3,5-6,8-11,14-15,18,20,32,37H,1,12-13,16-17H2,2H3,(H,33,34,35)/b19-6+. The summed E-state index contributed by atoms with van der Waals surface area (Å²) in [6.45, 7) is 7.19. The summed E-state index contributed by atoms with van der Waals surface area (Å²) in [5.74, 6) is 6.92. The molecular formula is C29H27ClFN5O2S. The van der Waals surface area contributed by atoms with E-state index in [0.29, 0.717) is 46.4 Å². The highest BCUT2D eigenvalue weighted by atomic mass is 35.5. The first-order valence-electron chi connectivity index (χ1n) is 12.1. The number of aromatic nitrogens is 3. The molecule has 200 valence electrons. The molecule has 1 atom stereocenters. The Morgan fingerprint density at radius 1 is 1.28 bits per heavy atom. The van der Waals surface area contributed by atoms with Gasteiger partial charge in [0.2, 0.25) is 0 Å². The lowest BCUT2D eigenvalue weighted by atomic mass is 10.1. The zero-order valence-electron chi connectivity index (χ0n) is 21.2. The second kappa shape index (κ2) is 13.8. The van der Waals surface area contributed by atoms with Gasteiger partial charge in [-0.05, 0) is 54.5 Å². The van der Waals surface area contributed by atoms with Gasteiger partial charge in [0.1, 0.15) is 39.9 Å². The number of nitrogens with zero attached hydrogens (tertiary/aromatic N) is 3. The number of halogens is 2. The van der Waals surface area contributed by atoms with Crippen molar-refractivity contribution in [2.24, 2.45) is 5.92 Å². The highest BCUT2D eigenvalue weighted by molar-refractivity contribution is 7.19. The van der Waals surface area contributed by atoms with Gasteiger partial charge in [-0.15, -0.1) is 6.58 Å². The van der Waals surface area contributed by atoms with Gasteiger partial charge in [0.05, 0.1) is 17.5 Å². The number of hydrogen-bond donors (Lipinski definition) is 3. The van der Waals surface area contributed by atoms with Gasteiger partial charge in [0.25, 0.3) is 0 Å². The first-order chi connectivity index (χ1) is 19.0. The van der Waals surface area contributed by atoms with E-state index in [1.807, 2.05) is 19.1 Å². The lowest BCUT2D eigenvalue weighted by Crippen LogP contribution is -2.23. The fourth-order valence-corrected chi connectivity index (χ4v) is 4.60. The Morgan fingerprint density at radius 3 is 2.92 bits per heavy atom. The van der Waals surface area contributed by atoms with Crippen LogP contribution >= 0.6 is 22.9 Å². The maximum absolute atomic E-state index is 13.4. The Kier molecular flexibility index (Phi) is 10.00. The fraction of sp³-hybridized carbons (Fsp3) is 0.207. The van der Waals surface area contributed by atoms with E-state index in [4.69, 9.17) is 26.4 Å². The van der Waals surface area contributed by atoms with Crippen LogP contribution < -0.4 is 15.4 Å². The molecule has 2 aromatic heterocycles. The van der Waals surface area contributed by atoms with E-state index in [9.17, 15) is 4.39 Å². The molecule has 4 rings (SSSR count). The molecule has 1 unspecified atom stereocenters. The maximum atomic E-state index is 13.4. The number of aliphatic hydroxyl groups excluding tert-OH is 1. The SMILES string of the molecule is C=CC(C#C/C=C(\C)c1nc2c(Nc3ccc(OCc4cccc(F)c4)c(Cl)c3)ncnc2s1)CNCCO. The molecular weight excluding hydrogens is 537 g/mol. The number of thiazole rings is 1. The van der Waals surface area contributed by atoms with Crippen molar-refractivity contribution in [3.63, 3.8) is 0 Å². The quantitative estimate of drug-likeness (QED) is 0.117. The van der Waals surface area contributed by atoms with Crippen LogP contribution in [0.2, 0.25) is 5.02 Å². The van der Waals surface area contributed by atoms with Gasteiger partial charge in [0.15, 0.2) is 5.82 Å². The number of hydrogen-bond acceptors (Lipinski definition) is 8. The van der Waals surface area contributed by atoms with E-state index in [0.717, 1.165) is 15.4 Å². The summed E-state index contributed by atoms with van der Waals surface area (Å²) >= 11 is 7.90. The van der Waals surface area contributed by atoms with Crippen LogP contribution in [0.1, 0.15) is 17.5 Å². The number of benzene rings is 2. The molecule has 0 aliphatic heterocycles. The van der Waals surface area contributed by atoms with E-state index in [2.05, 4.69) is 39.0 Å².